The monoisotopic (exact) mass is 356 g/mol. The van der Waals surface area contributed by atoms with Gasteiger partial charge in [-0.15, -0.1) is 0 Å². The van der Waals surface area contributed by atoms with Gasteiger partial charge in [-0.3, -0.25) is 9.48 Å². The van der Waals surface area contributed by atoms with Crippen LogP contribution >= 0.6 is 15.9 Å². The van der Waals surface area contributed by atoms with Gasteiger partial charge in [0.25, 0.3) is 0 Å². The molecule has 1 fully saturated rings. The molecule has 0 aliphatic heterocycles. The van der Waals surface area contributed by atoms with E-state index in [-0.39, 0.29) is 5.78 Å². The average Bonchev–Trinajstić information content (AvgIpc) is 2.68. The fourth-order valence-electron chi connectivity index (χ4n) is 3.19. The van der Waals surface area contributed by atoms with Gasteiger partial charge < -0.3 is 4.74 Å². The van der Waals surface area contributed by atoms with E-state index in [1.54, 1.807) is 4.68 Å². The lowest BCUT2D eigenvalue weighted by Crippen LogP contribution is -2.45. The molecule has 0 radical (unpaired) electrons. The number of ether oxygens (including phenoxy) is 1. The summed E-state index contributed by atoms with van der Waals surface area (Å²) in [6.07, 6.45) is 4.20. The third-order valence-electron chi connectivity index (χ3n) is 4.60. The Morgan fingerprint density at radius 2 is 2.10 bits per heavy atom. The van der Waals surface area contributed by atoms with Crippen molar-refractivity contribution in [2.75, 3.05) is 6.61 Å². The van der Waals surface area contributed by atoms with Crippen LogP contribution in [0.15, 0.2) is 4.47 Å². The maximum atomic E-state index is 12.9. The smallest absolute Gasteiger partial charge is 0.170 e. The van der Waals surface area contributed by atoms with Gasteiger partial charge in [-0.2, -0.15) is 5.10 Å². The molecule has 1 aliphatic rings. The third-order valence-corrected chi connectivity index (χ3v) is 5.63. The van der Waals surface area contributed by atoms with Crippen molar-refractivity contribution in [3.05, 3.63) is 15.9 Å². The van der Waals surface area contributed by atoms with Crippen molar-refractivity contribution >= 4 is 21.7 Å². The maximum absolute atomic E-state index is 12.9. The van der Waals surface area contributed by atoms with Gasteiger partial charge in [0, 0.05) is 13.7 Å². The van der Waals surface area contributed by atoms with Gasteiger partial charge in [0.15, 0.2) is 5.78 Å². The highest BCUT2D eigenvalue weighted by Crippen LogP contribution is 2.36. The van der Waals surface area contributed by atoms with Gasteiger partial charge in [-0.05, 0) is 61.4 Å². The van der Waals surface area contributed by atoms with Crippen molar-refractivity contribution in [3.63, 3.8) is 0 Å². The summed E-state index contributed by atoms with van der Waals surface area (Å²) in [4.78, 5) is 12.9. The third kappa shape index (κ3) is 3.39. The molecule has 1 aliphatic carbocycles. The number of aryl methyl sites for hydroxylation is 2. The molecule has 0 saturated heterocycles. The number of aromatic nitrogens is 2. The molecular formula is C16H25BrN2O2. The number of rotatable bonds is 5. The summed E-state index contributed by atoms with van der Waals surface area (Å²) >= 11 is 3.54. The van der Waals surface area contributed by atoms with E-state index in [9.17, 15) is 4.79 Å². The van der Waals surface area contributed by atoms with Crippen LogP contribution in [0.4, 0.5) is 0 Å². The maximum Gasteiger partial charge on any atom is 0.170 e. The molecule has 0 N–H and O–H groups in total. The number of halogens is 1. The van der Waals surface area contributed by atoms with Crippen molar-refractivity contribution in [1.29, 1.82) is 0 Å². The van der Waals surface area contributed by atoms with Gasteiger partial charge >= 0.3 is 0 Å². The van der Waals surface area contributed by atoms with E-state index < -0.39 is 5.60 Å². The van der Waals surface area contributed by atoms with E-state index in [1.165, 1.54) is 0 Å². The van der Waals surface area contributed by atoms with Crippen LogP contribution < -0.4 is 0 Å². The lowest BCUT2D eigenvalue weighted by molar-refractivity contribution is -0.149. The molecule has 1 saturated carbocycles. The first-order valence-electron chi connectivity index (χ1n) is 7.75. The van der Waals surface area contributed by atoms with Crippen LogP contribution in [0.2, 0.25) is 0 Å². The Labute approximate surface area is 135 Å². The molecule has 1 heterocycles. The van der Waals surface area contributed by atoms with E-state index in [1.807, 2.05) is 20.9 Å². The van der Waals surface area contributed by atoms with E-state index in [4.69, 9.17) is 4.74 Å². The van der Waals surface area contributed by atoms with Crippen LogP contribution in [0.25, 0.3) is 0 Å². The molecule has 0 atom stereocenters. The van der Waals surface area contributed by atoms with Crippen molar-refractivity contribution in [2.45, 2.75) is 58.5 Å². The van der Waals surface area contributed by atoms with E-state index in [0.717, 1.165) is 41.5 Å². The van der Waals surface area contributed by atoms with Crippen LogP contribution in [0.5, 0.6) is 0 Å². The Bertz CT molecular complexity index is 517. The first-order valence-corrected chi connectivity index (χ1v) is 8.54. The number of Topliss-reactive ketones (excluding diaryl/α,β-unsaturated/α-hetero) is 1. The fraction of sp³-hybridized carbons (Fsp3) is 0.750. The van der Waals surface area contributed by atoms with Crippen LogP contribution in [0, 0.1) is 12.8 Å². The minimum Gasteiger partial charge on any atom is -0.367 e. The number of ketones is 1. The van der Waals surface area contributed by atoms with Crippen molar-refractivity contribution < 1.29 is 9.53 Å². The standard InChI is InChI=1S/C16H25BrN2O2/c1-5-21-16(8-6-11(2)7-9-16)14(20)10-13-15(17)12(3)18-19(13)4/h11H,5-10H2,1-4H3. The summed E-state index contributed by atoms with van der Waals surface area (Å²) in [5.74, 6) is 0.886. The van der Waals surface area contributed by atoms with Gasteiger partial charge in [-0.1, -0.05) is 6.92 Å². The molecule has 0 spiro atoms. The largest absolute Gasteiger partial charge is 0.367 e. The number of hydrogen-bond acceptors (Lipinski definition) is 3. The van der Waals surface area contributed by atoms with Crippen LogP contribution in [0.3, 0.4) is 0 Å². The molecule has 5 heteroatoms. The minimum absolute atomic E-state index is 0.194. The van der Waals surface area contributed by atoms with Gasteiger partial charge in [0.05, 0.1) is 22.3 Å². The SMILES string of the molecule is CCOC1(C(=O)Cc2c(Br)c(C)nn2C)CCC(C)CC1. The van der Waals surface area contributed by atoms with Gasteiger partial charge in [-0.25, -0.2) is 0 Å². The highest BCUT2D eigenvalue weighted by molar-refractivity contribution is 9.10. The molecule has 0 aromatic carbocycles. The predicted molar refractivity (Wildman–Crippen MR) is 86.3 cm³/mol. The Hall–Kier alpha value is -0.680. The Kier molecular flexibility index (Phi) is 5.25. The molecule has 21 heavy (non-hydrogen) atoms. The zero-order valence-corrected chi connectivity index (χ0v) is 15.0. The highest BCUT2D eigenvalue weighted by atomic mass is 79.9. The number of carbonyl (C=O) groups is 1. The quantitative estimate of drug-likeness (QED) is 0.809. The summed E-state index contributed by atoms with van der Waals surface area (Å²) in [7, 11) is 1.89. The Morgan fingerprint density at radius 1 is 1.48 bits per heavy atom. The Morgan fingerprint density at radius 3 is 2.57 bits per heavy atom. The normalized spacial score (nSPS) is 26.0. The van der Waals surface area contributed by atoms with Gasteiger partial charge in [0.2, 0.25) is 0 Å². The molecule has 0 unspecified atom stereocenters. The van der Waals surface area contributed by atoms with E-state index >= 15 is 0 Å². The lowest BCUT2D eigenvalue weighted by Gasteiger charge is -2.37. The Balaban J connectivity index is 2.19. The second kappa shape index (κ2) is 6.61. The van der Waals surface area contributed by atoms with E-state index in [2.05, 4.69) is 28.0 Å². The summed E-state index contributed by atoms with van der Waals surface area (Å²) < 4.78 is 8.68. The molecule has 0 bridgehead atoms. The lowest BCUT2D eigenvalue weighted by atomic mass is 9.76. The first kappa shape index (κ1) is 16.7. The summed E-state index contributed by atoms with van der Waals surface area (Å²) in [5.41, 5.74) is 1.28. The zero-order valence-electron chi connectivity index (χ0n) is 13.4. The zero-order chi connectivity index (χ0) is 15.6. The first-order chi connectivity index (χ1) is 9.89. The second-order valence-corrected chi connectivity index (χ2v) is 6.97. The predicted octanol–water partition coefficient (Wildman–Crippen LogP) is 3.59. The average molecular weight is 357 g/mol. The number of hydrogen-bond donors (Lipinski definition) is 0. The molecule has 4 nitrogen and oxygen atoms in total. The van der Waals surface area contributed by atoms with Crippen LogP contribution in [-0.4, -0.2) is 27.8 Å². The van der Waals surface area contributed by atoms with Crippen molar-refractivity contribution in [2.24, 2.45) is 13.0 Å². The topological polar surface area (TPSA) is 44.1 Å². The molecule has 1 aromatic heterocycles. The summed E-state index contributed by atoms with van der Waals surface area (Å²) in [6.45, 7) is 6.75. The van der Waals surface area contributed by atoms with Crippen molar-refractivity contribution in [1.82, 2.24) is 9.78 Å². The molecule has 1 aromatic rings. The number of nitrogens with zero attached hydrogens (tertiary/aromatic N) is 2. The molecular weight excluding hydrogens is 332 g/mol. The number of carbonyl (C=O) groups excluding carboxylic acids is 1. The highest BCUT2D eigenvalue weighted by Gasteiger charge is 2.41. The summed E-state index contributed by atoms with van der Waals surface area (Å²) in [6, 6.07) is 0. The van der Waals surface area contributed by atoms with Gasteiger partial charge in [0.1, 0.15) is 5.60 Å². The second-order valence-electron chi connectivity index (χ2n) is 6.18. The van der Waals surface area contributed by atoms with Crippen molar-refractivity contribution in [3.8, 4) is 0 Å². The fourth-order valence-corrected chi connectivity index (χ4v) is 3.67. The van der Waals surface area contributed by atoms with Crippen LogP contribution in [-0.2, 0) is 23.0 Å². The molecule has 0 amide bonds. The molecule has 2 rings (SSSR count). The molecule has 118 valence electrons. The van der Waals surface area contributed by atoms with E-state index in [0.29, 0.717) is 18.9 Å². The minimum atomic E-state index is -0.584. The van der Waals surface area contributed by atoms with Crippen LogP contribution in [0.1, 0.15) is 50.9 Å². The summed E-state index contributed by atoms with van der Waals surface area (Å²) in [5, 5.41) is 4.37.